The fraction of sp³-hybridized carbons (Fsp3) is 0.400. The number of ether oxygens (including phenoxy) is 1. The number of hydrogen-bond acceptors (Lipinski definition) is 6. The van der Waals surface area contributed by atoms with E-state index in [1.54, 1.807) is 24.3 Å². The molecular weight excluding hydrogens is 470 g/mol. The maximum Gasteiger partial charge on any atom is 0.262 e. The Balaban J connectivity index is 1.48. The minimum atomic E-state index is -3.62. The lowest BCUT2D eigenvalue weighted by molar-refractivity contribution is -0.124. The first-order chi connectivity index (χ1) is 16.7. The normalized spacial score (nSPS) is 21.6. The summed E-state index contributed by atoms with van der Waals surface area (Å²) in [5.41, 5.74) is 1.27. The predicted molar refractivity (Wildman–Crippen MR) is 129 cm³/mol. The van der Waals surface area contributed by atoms with E-state index in [0.29, 0.717) is 0 Å². The zero-order chi connectivity index (χ0) is 25.2. The van der Waals surface area contributed by atoms with Gasteiger partial charge in [0.05, 0.1) is 29.1 Å². The molecule has 10 heteroatoms. The Hall–Kier alpha value is -3.08. The Kier molecular flexibility index (Phi) is 7.34. The predicted octanol–water partition coefficient (Wildman–Crippen LogP) is 1.45. The van der Waals surface area contributed by atoms with Gasteiger partial charge in [-0.2, -0.15) is 4.31 Å². The Morgan fingerprint density at radius 1 is 0.971 bits per heavy atom. The molecule has 2 heterocycles. The van der Waals surface area contributed by atoms with E-state index in [2.05, 4.69) is 5.32 Å². The number of imide groups is 1. The van der Waals surface area contributed by atoms with Crippen LogP contribution in [0.2, 0.25) is 0 Å². The van der Waals surface area contributed by atoms with Crippen LogP contribution in [-0.4, -0.2) is 79.0 Å². The smallest absolute Gasteiger partial charge is 0.262 e. The van der Waals surface area contributed by atoms with E-state index in [1.165, 1.54) is 4.31 Å². The van der Waals surface area contributed by atoms with Crippen molar-refractivity contribution < 1.29 is 27.5 Å². The van der Waals surface area contributed by atoms with Gasteiger partial charge in [-0.3, -0.25) is 19.3 Å². The molecule has 0 radical (unpaired) electrons. The van der Waals surface area contributed by atoms with Crippen LogP contribution in [0.4, 0.5) is 0 Å². The Morgan fingerprint density at radius 2 is 1.51 bits per heavy atom. The molecule has 2 aliphatic heterocycles. The third kappa shape index (κ3) is 5.44. The lowest BCUT2D eigenvalue weighted by Crippen LogP contribution is -2.52. The molecule has 1 saturated heterocycles. The SMILES string of the molecule is CC1CN(S(=O)(=O)CCNC(=O)C(Cc2ccccc2)N2C(=O)c3ccccc3C2=O)CC(C)O1. The number of nitrogens with one attached hydrogen (secondary N) is 1. The molecule has 2 aromatic carbocycles. The second-order valence-electron chi connectivity index (χ2n) is 8.91. The molecule has 2 aliphatic rings. The molecule has 0 bridgehead atoms. The van der Waals surface area contributed by atoms with Gasteiger partial charge >= 0.3 is 0 Å². The number of hydrogen-bond donors (Lipinski definition) is 1. The van der Waals surface area contributed by atoms with Crippen LogP contribution in [0.5, 0.6) is 0 Å². The van der Waals surface area contributed by atoms with Crippen molar-refractivity contribution in [2.45, 2.75) is 38.5 Å². The van der Waals surface area contributed by atoms with Crippen LogP contribution in [0.1, 0.15) is 40.1 Å². The molecule has 186 valence electrons. The van der Waals surface area contributed by atoms with E-state index in [4.69, 9.17) is 4.74 Å². The van der Waals surface area contributed by atoms with E-state index in [1.807, 2.05) is 44.2 Å². The van der Waals surface area contributed by atoms with Crippen LogP contribution in [0, 0.1) is 0 Å². The summed E-state index contributed by atoms with van der Waals surface area (Å²) in [6.45, 7) is 4.00. The van der Waals surface area contributed by atoms with Crippen molar-refractivity contribution in [3.05, 3.63) is 71.3 Å². The standard InChI is InChI=1S/C25H29N3O6S/c1-17-15-27(16-18(2)34-17)35(32,33)13-12-26-23(29)22(14-19-8-4-3-5-9-19)28-24(30)20-10-6-7-11-21(20)25(28)31/h3-11,17-18,22H,12-16H2,1-2H3,(H,26,29). The maximum atomic E-state index is 13.3. The first kappa shape index (κ1) is 25.0. The van der Waals surface area contributed by atoms with Gasteiger partial charge in [-0.25, -0.2) is 8.42 Å². The number of amides is 3. The van der Waals surface area contributed by atoms with E-state index in [-0.39, 0.29) is 55.1 Å². The highest BCUT2D eigenvalue weighted by atomic mass is 32.2. The zero-order valence-corrected chi connectivity index (χ0v) is 20.5. The number of fused-ring (bicyclic) bond motifs is 1. The van der Waals surface area contributed by atoms with Crippen molar-refractivity contribution in [3.63, 3.8) is 0 Å². The molecule has 3 unspecified atom stereocenters. The number of carbonyl (C=O) groups is 3. The van der Waals surface area contributed by atoms with Crippen molar-refractivity contribution in [2.75, 3.05) is 25.4 Å². The molecular formula is C25H29N3O6S. The molecule has 3 amide bonds. The van der Waals surface area contributed by atoms with Gasteiger partial charge in [-0.05, 0) is 31.5 Å². The fourth-order valence-corrected chi connectivity index (χ4v) is 6.03. The molecule has 1 N–H and O–H groups in total. The fourth-order valence-electron chi connectivity index (χ4n) is 4.54. The molecule has 0 aliphatic carbocycles. The maximum absolute atomic E-state index is 13.3. The van der Waals surface area contributed by atoms with E-state index in [0.717, 1.165) is 10.5 Å². The van der Waals surface area contributed by atoms with Crippen molar-refractivity contribution >= 4 is 27.7 Å². The van der Waals surface area contributed by atoms with Crippen molar-refractivity contribution in [1.82, 2.24) is 14.5 Å². The second kappa shape index (κ2) is 10.3. The topological polar surface area (TPSA) is 113 Å². The van der Waals surface area contributed by atoms with Crippen LogP contribution in [-0.2, 0) is 26.0 Å². The zero-order valence-electron chi connectivity index (χ0n) is 19.7. The van der Waals surface area contributed by atoms with Gasteiger partial charge in [0.25, 0.3) is 11.8 Å². The summed E-state index contributed by atoms with van der Waals surface area (Å²) in [4.78, 5) is 40.3. The third-order valence-electron chi connectivity index (χ3n) is 6.15. The summed E-state index contributed by atoms with van der Waals surface area (Å²) in [7, 11) is -3.62. The Morgan fingerprint density at radius 3 is 2.09 bits per heavy atom. The molecule has 4 rings (SSSR count). The number of morpholine rings is 1. The number of nitrogens with zero attached hydrogens (tertiary/aromatic N) is 2. The van der Waals surface area contributed by atoms with Gasteiger partial charge in [-0.1, -0.05) is 42.5 Å². The average Bonchev–Trinajstić information content (AvgIpc) is 3.07. The molecule has 2 aromatic rings. The number of benzene rings is 2. The summed E-state index contributed by atoms with van der Waals surface area (Å²) in [5, 5.41) is 2.64. The summed E-state index contributed by atoms with van der Waals surface area (Å²) in [6, 6.07) is 14.4. The van der Waals surface area contributed by atoms with Crippen molar-refractivity contribution in [3.8, 4) is 0 Å². The summed E-state index contributed by atoms with van der Waals surface area (Å²) in [6.07, 6.45) is -0.317. The quantitative estimate of drug-likeness (QED) is 0.550. The van der Waals surface area contributed by atoms with Crippen LogP contribution < -0.4 is 5.32 Å². The lowest BCUT2D eigenvalue weighted by atomic mass is 10.0. The summed E-state index contributed by atoms with van der Waals surface area (Å²) < 4.78 is 32.6. The molecule has 0 spiro atoms. The third-order valence-corrected chi connectivity index (χ3v) is 7.96. The van der Waals surface area contributed by atoms with Crippen molar-refractivity contribution in [2.24, 2.45) is 0 Å². The Labute approximate surface area is 205 Å². The van der Waals surface area contributed by atoms with E-state index < -0.39 is 33.8 Å². The highest BCUT2D eigenvalue weighted by Crippen LogP contribution is 2.26. The number of sulfonamides is 1. The molecule has 0 aromatic heterocycles. The van der Waals surface area contributed by atoms with Gasteiger partial charge in [-0.15, -0.1) is 0 Å². The second-order valence-corrected chi connectivity index (χ2v) is 11.0. The van der Waals surface area contributed by atoms with Crippen LogP contribution >= 0.6 is 0 Å². The van der Waals surface area contributed by atoms with Gasteiger partial charge in [0, 0.05) is 26.1 Å². The minimum Gasteiger partial charge on any atom is -0.373 e. The molecule has 1 fully saturated rings. The highest BCUT2D eigenvalue weighted by Gasteiger charge is 2.42. The van der Waals surface area contributed by atoms with Crippen LogP contribution in [0.3, 0.4) is 0 Å². The molecule has 0 saturated carbocycles. The number of rotatable bonds is 8. The first-order valence-corrected chi connectivity index (χ1v) is 13.2. The van der Waals surface area contributed by atoms with Gasteiger partial charge in [0.15, 0.2) is 0 Å². The minimum absolute atomic E-state index is 0.114. The van der Waals surface area contributed by atoms with Gasteiger partial charge in [0.1, 0.15) is 6.04 Å². The monoisotopic (exact) mass is 499 g/mol. The van der Waals surface area contributed by atoms with E-state index in [9.17, 15) is 22.8 Å². The van der Waals surface area contributed by atoms with Crippen LogP contribution in [0.15, 0.2) is 54.6 Å². The summed E-state index contributed by atoms with van der Waals surface area (Å²) >= 11 is 0. The Bertz CT molecular complexity index is 1170. The molecule has 3 atom stereocenters. The van der Waals surface area contributed by atoms with Gasteiger partial charge in [0.2, 0.25) is 15.9 Å². The van der Waals surface area contributed by atoms with E-state index >= 15 is 0 Å². The molecule has 9 nitrogen and oxygen atoms in total. The first-order valence-electron chi connectivity index (χ1n) is 11.6. The van der Waals surface area contributed by atoms with Gasteiger partial charge < -0.3 is 10.1 Å². The van der Waals surface area contributed by atoms with Crippen LogP contribution in [0.25, 0.3) is 0 Å². The highest BCUT2D eigenvalue weighted by molar-refractivity contribution is 7.89. The van der Waals surface area contributed by atoms with Crippen molar-refractivity contribution in [1.29, 1.82) is 0 Å². The largest absolute Gasteiger partial charge is 0.373 e. The average molecular weight is 500 g/mol. The molecule has 35 heavy (non-hydrogen) atoms. The number of carbonyl (C=O) groups excluding carboxylic acids is 3. The summed E-state index contributed by atoms with van der Waals surface area (Å²) in [5.74, 6) is -1.95. The lowest BCUT2D eigenvalue weighted by Gasteiger charge is -2.34.